The molecule has 0 radical (unpaired) electrons. The van der Waals surface area contributed by atoms with Crippen LogP contribution in [0.4, 0.5) is 0 Å². The van der Waals surface area contributed by atoms with Crippen molar-refractivity contribution in [1.82, 2.24) is 0 Å². The molecule has 1 aromatic rings. The molecule has 0 aliphatic carbocycles. The number of hydrogen-bond donors (Lipinski definition) is 1. The third-order valence-electron chi connectivity index (χ3n) is 3.01. The highest BCUT2D eigenvalue weighted by Crippen LogP contribution is 2.25. The molecule has 19 heavy (non-hydrogen) atoms. The van der Waals surface area contributed by atoms with Crippen LogP contribution >= 0.6 is 0 Å². The minimum absolute atomic E-state index is 0.426. The number of hydrogen-bond acceptors (Lipinski definition) is 4. The maximum absolute atomic E-state index is 11.4. The number of esters is 1. The van der Waals surface area contributed by atoms with Crippen molar-refractivity contribution in [2.75, 3.05) is 13.7 Å². The summed E-state index contributed by atoms with van der Waals surface area (Å²) in [6.45, 7) is 4.39. The monoisotopic (exact) mass is 266 g/mol. The quantitative estimate of drug-likeness (QED) is 0.609. The normalized spacial score (nSPS) is 13.7. The summed E-state index contributed by atoms with van der Waals surface area (Å²) in [5, 5.41) is 10.1. The summed E-state index contributed by atoms with van der Waals surface area (Å²) in [5.41, 5.74) is 0.659. The Hall–Kier alpha value is -1.55. The van der Waals surface area contributed by atoms with E-state index >= 15 is 0 Å². The van der Waals surface area contributed by atoms with Gasteiger partial charge in [-0.05, 0) is 31.0 Å². The van der Waals surface area contributed by atoms with E-state index in [2.05, 4.69) is 11.7 Å². The van der Waals surface area contributed by atoms with E-state index in [1.54, 1.807) is 19.1 Å². The second-order valence-electron chi connectivity index (χ2n) is 4.53. The molecule has 0 heterocycles. The lowest BCUT2D eigenvalue weighted by Gasteiger charge is -2.17. The van der Waals surface area contributed by atoms with Crippen LogP contribution in [0.2, 0.25) is 0 Å². The van der Waals surface area contributed by atoms with Crippen LogP contribution in [0.3, 0.4) is 0 Å². The van der Waals surface area contributed by atoms with Gasteiger partial charge in [0.1, 0.15) is 5.75 Å². The van der Waals surface area contributed by atoms with Crippen molar-refractivity contribution in [1.29, 1.82) is 0 Å². The third-order valence-corrected chi connectivity index (χ3v) is 3.01. The van der Waals surface area contributed by atoms with Gasteiger partial charge in [0.25, 0.3) is 0 Å². The van der Waals surface area contributed by atoms with Crippen LogP contribution in [0.25, 0.3) is 0 Å². The van der Waals surface area contributed by atoms with Gasteiger partial charge in [0.2, 0.25) is 0 Å². The first-order valence-electron chi connectivity index (χ1n) is 6.58. The Morgan fingerprint density at radius 1 is 1.42 bits per heavy atom. The average molecular weight is 266 g/mol. The summed E-state index contributed by atoms with van der Waals surface area (Å²) in [6.07, 6.45) is 1.18. The van der Waals surface area contributed by atoms with Crippen molar-refractivity contribution >= 4 is 5.97 Å². The molecule has 4 heteroatoms. The first-order valence-corrected chi connectivity index (χ1v) is 6.58. The third kappa shape index (κ3) is 4.56. The summed E-state index contributed by atoms with van der Waals surface area (Å²) in [7, 11) is 1.32. The zero-order valence-corrected chi connectivity index (χ0v) is 11.8. The van der Waals surface area contributed by atoms with Crippen LogP contribution < -0.4 is 4.74 Å². The van der Waals surface area contributed by atoms with Gasteiger partial charge in [-0.2, -0.15) is 0 Å². The fourth-order valence-electron chi connectivity index (χ4n) is 1.73. The Labute approximate surface area is 114 Å². The maximum Gasteiger partial charge on any atom is 0.311 e. The minimum atomic E-state index is -0.887. The molecule has 0 saturated carbocycles. The highest BCUT2D eigenvalue weighted by atomic mass is 16.5. The molecule has 0 amide bonds. The SMILES string of the molecule is CCCCOc1cccc([C@H](O)[C@H](C)C(=O)OC)c1. The van der Waals surface area contributed by atoms with Gasteiger partial charge in [0, 0.05) is 0 Å². The molecule has 0 saturated heterocycles. The molecule has 0 unspecified atom stereocenters. The number of ether oxygens (including phenoxy) is 2. The fraction of sp³-hybridized carbons (Fsp3) is 0.533. The number of unbranched alkanes of at least 4 members (excludes halogenated alkanes) is 1. The van der Waals surface area contributed by atoms with Gasteiger partial charge in [-0.15, -0.1) is 0 Å². The highest BCUT2D eigenvalue weighted by molar-refractivity contribution is 5.72. The van der Waals surface area contributed by atoms with Gasteiger partial charge in [0.15, 0.2) is 0 Å². The fourth-order valence-corrected chi connectivity index (χ4v) is 1.73. The Morgan fingerprint density at radius 3 is 2.79 bits per heavy atom. The predicted octanol–water partition coefficient (Wildman–Crippen LogP) is 2.71. The Kier molecular flexibility index (Phi) is 6.36. The number of benzene rings is 1. The van der Waals surface area contributed by atoms with Crippen LogP contribution in [0.5, 0.6) is 5.75 Å². The van der Waals surface area contributed by atoms with E-state index in [-0.39, 0.29) is 0 Å². The van der Waals surface area contributed by atoms with Crippen molar-refractivity contribution in [2.24, 2.45) is 5.92 Å². The maximum atomic E-state index is 11.4. The Morgan fingerprint density at radius 2 is 2.16 bits per heavy atom. The highest BCUT2D eigenvalue weighted by Gasteiger charge is 2.24. The zero-order chi connectivity index (χ0) is 14.3. The summed E-state index contributed by atoms with van der Waals surface area (Å²) in [4.78, 5) is 11.4. The molecule has 2 atom stereocenters. The van der Waals surface area contributed by atoms with Gasteiger partial charge in [-0.1, -0.05) is 25.5 Å². The van der Waals surface area contributed by atoms with Crippen LogP contribution in [0.1, 0.15) is 38.4 Å². The van der Waals surface area contributed by atoms with Crippen LogP contribution in [0, 0.1) is 5.92 Å². The van der Waals surface area contributed by atoms with Gasteiger partial charge in [-0.3, -0.25) is 4.79 Å². The molecular weight excluding hydrogens is 244 g/mol. The largest absolute Gasteiger partial charge is 0.494 e. The van der Waals surface area contributed by atoms with E-state index in [0.717, 1.165) is 12.8 Å². The van der Waals surface area contributed by atoms with Gasteiger partial charge in [0.05, 0.1) is 25.7 Å². The van der Waals surface area contributed by atoms with E-state index in [1.807, 2.05) is 12.1 Å². The van der Waals surface area contributed by atoms with E-state index in [9.17, 15) is 9.90 Å². The Bertz CT molecular complexity index is 403. The second-order valence-corrected chi connectivity index (χ2v) is 4.53. The number of carbonyl (C=O) groups is 1. The summed E-state index contributed by atoms with van der Waals surface area (Å²) >= 11 is 0. The summed E-state index contributed by atoms with van der Waals surface area (Å²) < 4.78 is 10.2. The van der Waals surface area contributed by atoms with E-state index in [0.29, 0.717) is 17.9 Å². The van der Waals surface area contributed by atoms with Gasteiger partial charge in [-0.25, -0.2) is 0 Å². The van der Waals surface area contributed by atoms with E-state index in [4.69, 9.17) is 4.74 Å². The molecule has 1 N–H and O–H groups in total. The lowest BCUT2D eigenvalue weighted by molar-refractivity contribution is -0.148. The van der Waals surface area contributed by atoms with Crippen molar-refractivity contribution in [3.8, 4) is 5.75 Å². The van der Waals surface area contributed by atoms with Crippen molar-refractivity contribution in [3.05, 3.63) is 29.8 Å². The van der Waals surface area contributed by atoms with Crippen LogP contribution in [-0.2, 0) is 9.53 Å². The molecule has 0 aliphatic rings. The molecule has 1 rings (SSSR count). The molecule has 0 aliphatic heterocycles. The van der Waals surface area contributed by atoms with Crippen molar-refractivity contribution in [2.45, 2.75) is 32.8 Å². The molecule has 0 bridgehead atoms. The first-order chi connectivity index (χ1) is 9.10. The lowest BCUT2D eigenvalue weighted by Crippen LogP contribution is -2.20. The van der Waals surface area contributed by atoms with E-state index in [1.165, 1.54) is 7.11 Å². The zero-order valence-electron chi connectivity index (χ0n) is 11.8. The second kappa shape index (κ2) is 7.79. The molecule has 106 valence electrons. The molecule has 1 aromatic carbocycles. The number of rotatable bonds is 7. The predicted molar refractivity (Wildman–Crippen MR) is 73.0 cm³/mol. The summed E-state index contributed by atoms with van der Waals surface area (Å²) in [5.74, 6) is -0.317. The minimum Gasteiger partial charge on any atom is -0.494 e. The Balaban J connectivity index is 2.72. The molecule has 0 spiro atoms. The lowest BCUT2D eigenvalue weighted by atomic mass is 9.97. The summed E-state index contributed by atoms with van der Waals surface area (Å²) in [6, 6.07) is 7.19. The first kappa shape index (κ1) is 15.5. The number of aliphatic hydroxyl groups excluding tert-OH is 1. The molecular formula is C15H22O4. The standard InChI is InChI=1S/C15H22O4/c1-4-5-9-19-13-8-6-7-12(10-13)14(16)11(2)15(17)18-3/h6-8,10-11,14,16H,4-5,9H2,1-3H3/t11-,14+/m0/s1. The van der Waals surface area contributed by atoms with Crippen molar-refractivity contribution in [3.63, 3.8) is 0 Å². The molecule has 4 nitrogen and oxygen atoms in total. The molecule has 0 fully saturated rings. The smallest absolute Gasteiger partial charge is 0.311 e. The van der Waals surface area contributed by atoms with E-state index < -0.39 is 18.0 Å². The number of methoxy groups -OCH3 is 1. The van der Waals surface area contributed by atoms with Gasteiger partial charge < -0.3 is 14.6 Å². The van der Waals surface area contributed by atoms with Crippen LogP contribution in [-0.4, -0.2) is 24.8 Å². The average Bonchev–Trinajstić information content (AvgIpc) is 2.45. The molecule has 0 aromatic heterocycles. The number of aliphatic hydroxyl groups is 1. The topological polar surface area (TPSA) is 55.8 Å². The van der Waals surface area contributed by atoms with Crippen LogP contribution in [0.15, 0.2) is 24.3 Å². The van der Waals surface area contributed by atoms with Gasteiger partial charge >= 0.3 is 5.97 Å². The number of carbonyl (C=O) groups excluding carboxylic acids is 1. The van der Waals surface area contributed by atoms with Crippen molar-refractivity contribution < 1.29 is 19.4 Å².